The Labute approximate surface area is 129 Å². The number of carbonyl (C=O) groups is 2. The highest BCUT2D eigenvalue weighted by Crippen LogP contribution is 2.35. The van der Waals surface area contributed by atoms with Gasteiger partial charge in [-0.1, -0.05) is 19.8 Å². The smallest absolute Gasteiger partial charge is 0.263 e. The summed E-state index contributed by atoms with van der Waals surface area (Å²) in [5.41, 5.74) is 6.59. The average Bonchev–Trinajstić information content (AvgIpc) is 2.80. The van der Waals surface area contributed by atoms with Gasteiger partial charge in [0.2, 0.25) is 0 Å². The monoisotopic (exact) mass is 312 g/mol. The predicted octanol–water partition coefficient (Wildman–Crippen LogP) is 2.04. The molecule has 0 aliphatic carbocycles. The van der Waals surface area contributed by atoms with Crippen molar-refractivity contribution in [2.45, 2.75) is 33.1 Å². The highest BCUT2D eigenvalue weighted by molar-refractivity contribution is 7.19. The molecule has 1 heterocycles. The number of anilines is 2. The molecule has 1 aromatic heterocycles. The van der Waals surface area contributed by atoms with Crippen molar-refractivity contribution in [3.63, 3.8) is 0 Å². The molecular weight excluding hydrogens is 288 g/mol. The maximum atomic E-state index is 12.0. The third-order valence-corrected chi connectivity index (χ3v) is 4.17. The van der Waals surface area contributed by atoms with Crippen molar-refractivity contribution in [3.05, 3.63) is 10.4 Å². The second kappa shape index (κ2) is 8.51. The maximum absolute atomic E-state index is 12.0. The van der Waals surface area contributed by atoms with Crippen LogP contribution in [0, 0.1) is 0 Å². The minimum atomic E-state index is -0.280. The fourth-order valence-corrected chi connectivity index (χ4v) is 2.97. The Balaban J connectivity index is 3.00. The summed E-state index contributed by atoms with van der Waals surface area (Å²) in [5, 5.41) is 9.15. The molecule has 21 heavy (non-hydrogen) atoms. The van der Waals surface area contributed by atoms with E-state index in [4.69, 9.17) is 5.73 Å². The Morgan fingerprint density at radius 3 is 2.48 bits per heavy atom. The summed E-state index contributed by atoms with van der Waals surface area (Å²) in [6, 6.07) is 0. The molecule has 1 rings (SSSR count). The van der Waals surface area contributed by atoms with Crippen LogP contribution >= 0.6 is 11.3 Å². The quantitative estimate of drug-likeness (QED) is 0.552. The van der Waals surface area contributed by atoms with Crippen LogP contribution in [0.25, 0.3) is 0 Å². The Morgan fingerprint density at radius 2 is 1.90 bits per heavy atom. The molecule has 5 N–H and O–H groups in total. The fraction of sp³-hybridized carbons (Fsp3) is 0.571. The van der Waals surface area contributed by atoms with Gasteiger partial charge in [0.25, 0.3) is 11.8 Å². The zero-order valence-electron chi connectivity index (χ0n) is 12.8. The molecule has 0 aliphatic rings. The van der Waals surface area contributed by atoms with E-state index >= 15 is 0 Å². The predicted molar refractivity (Wildman–Crippen MR) is 88.1 cm³/mol. The number of hydrogen-bond acceptors (Lipinski definition) is 5. The van der Waals surface area contributed by atoms with E-state index in [0.29, 0.717) is 22.0 Å². The minimum absolute atomic E-state index is 0.239. The molecule has 0 atom stereocenters. The van der Waals surface area contributed by atoms with Gasteiger partial charge in [0.15, 0.2) is 0 Å². The Hall–Kier alpha value is -1.76. The van der Waals surface area contributed by atoms with Crippen molar-refractivity contribution in [3.8, 4) is 0 Å². The van der Waals surface area contributed by atoms with Crippen molar-refractivity contribution >= 4 is 33.8 Å². The standard InChI is InChI=1S/C14H24N4O2S/c1-4-6-7-8-18-14-9(12(19)16-3)10(15)11(21-14)13(20)17-5-2/h18H,4-8,15H2,1-3H3,(H,16,19)(H,17,20). The number of amides is 2. The van der Waals surface area contributed by atoms with Crippen molar-refractivity contribution in [1.82, 2.24) is 10.6 Å². The van der Waals surface area contributed by atoms with Crippen LogP contribution in [0.3, 0.4) is 0 Å². The van der Waals surface area contributed by atoms with Crippen LogP contribution in [0.1, 0.15) is 53.1 Å². The Morgan fingerprint density at radius 1 is 1.19 bits per heavy atom. The molecule has 0 aliphatic heterocycles. The zero-order chi connectivity index (χ0) is 15.8. The number of hydrogen-bond donors (Lipinski definition) is 4. The summed E-state index contributed by atoms with van der Waals surface area (Å²) in [7, 11) is 1.55. The van der Waals surface area contributed by atoms with Crippen LogP contribution < -0.4 is 21.7 Å². The van der Waals surface area contributed by atoms with Gasteiger partial charge >= 0.3 is 0 Å². The molecule has 2 amide bonds. The fourth-order valence-electron chi connectivity index (χ4n) is 1.91. The molecule has 0 fully saturated rings. The number of nitrogen functional groups attached to an aromatic ring is 1. The summed E-state index contributed by atoms with van der Waals surface area (Å²) < 4.78 is 0. The SMILES string of the molecule is CCCCCNc1sc(C(=O)NCC)c(N)c1C(=O)NC. The molecule has 6 nitrogen and oxygen atoms in total. The van der Waals surface area contributed by atoms with Gasteiger partial charge in [-0.3, -0.25) is 9.59 Å². The van der Waals surface area contributed by atoms with Gasteiger partial charge in [-0.2, -0.15) is 0 Å². The normalized spacial score (nSPS) is 10.2. The molecule has 7 heteroatoms. The summed E-state index contributed by atoms with van der Waals surface area (Å²) in [5.74, 6) is -0.524. The van der Waals surface area contributed by atoms with Gasteiger partial charge in [-0.25, -0.2) is 0 Å². The molecule has 118 valence electrons. The van der Waals surface area contributed by atoms with E-state index in [2.05, 4.69) is 22.9 Å². The van der Waals surface area contributed by atoms with Crippen molar-refractivity contribution in [2.75, 3.05) is 31.2 Å². The topological polar surface area (TPSA) is 96.2 Å². The highest BCUT2D eigenvalue weighted by atomic mass is 32.1. The summed E-state index contributed by atoms with van der Waals surface area (Å²) in [4.78, 5) is 24.3. The molecule has 0 radical (unpaired) electrons. The van der Waals surface area contributed by atoms with E-state index < -0.39 is 0 Å². The molecule has 0 saturated heterocycles. The lowest BCUT2D eigenvalue weighted by Crippen LogP contribution is -2.23. The number of nitrogens with one attached hydrogen (secondary N) is 3. The minimum Gasteiger partial charge on any atom is -0.397 e. The molecule has 0 unspecified atom stereocenters. The van der Waals surface area contributed by atoms with E-state index in [-0.39, 0.29) is 17.5 Å². The third kappa shape index (κ3) is 4.35. The van der Waals surface area contributed by atoms with Gasteiger partial charge in [-0.05, 0) is 13.3 Å². The van der Waals surface area contributed by atoms with E-state index in [9.17, 15) is 9.59 Å². The highest BCUT2D eigenvalue weighted by Gasteiger charge is 2.24. The third-order valence-electron chi connectivity index (χ3n) is 3.01. The van der Waals surface area contributed by atoms with Gasteiger partial charge in [0.05, 0.1) is 11.3 Å². The van der Waals surface area contributed by atoms with Crippen LogP contribution in [0.5, 0.6) is 0 Å². The van der Waals surface area contributed by atoms with Crippen molar-refractivity contribution in [2.24, 2.45) is 0 Å². The first-order valence-electron chi connectivity index (χ1n) is 7.23. The molecule has 0 bridgehead atoms. The zero-order valence-corrected chi connectivity index (χ0v) is 13.7. The second-order valence-electron chi connectivity index (χ2n) is 4.62. The molecule has 1 aromatic rings. The molecule has 0 aromatic carbocycles. The van der Waals surface area contributed by atoms with E-state index in [0.717, 1.165) is 25.8 Å². The van der Waals surface area contributed by atoms with E-state index in [1.807, 2.05) is 6.92 Å². The van der Waals surface area contributed by atoms with Gasteiger partial charge in [0, 0.05) is 20.1 Å². The molecule has 0 saturated carbocycles. The average molecular weight is 312 g/mol. The van der Waals surface area contributed by atoms with Crippen molar-refractivity contribution < 1.29 is 9.59 Å². The first kappa shape index (κ1) is 17.3. The number of nitrogens with two attached hydrogens (primary N) is 1. The lowest BCUT2D eigenvalue weighted by molar-refractivity contribution is 0.0959. The lowest BCUT2D eigenvalue weighted by atomic mass is 10.2. The second-order valence-corrected chi connectivity index (χ2v) is 5.64. The van der Waals surface area contributed by atoms with E-state index in [1.54, 1.807) is 7.05 Å². The van der Waals surface area contributed by atoms with Gasteiger partial charge in [-0.15, -0.1) is 11.3 Å². The van der Waals surface area contributed by atoms with Crippen LogP contribution in [-0.2, 0) is 0 Å². The number of rotatable bonds is 8. The molecular formula is C14H24N4O2S. The molecule has 0 spiro atoms. The van der Waals surface area contributed by atoms with Gasteiger partial charge < -0.3 is 21.7 Å². The summed E-state index contributed by atoms with van der Waals surface area (Å²) in [6.45, 7) is 5.24. The summed E-state index contributed by atoms with van der Waals surface area (Å²) >= 11 is 1.23. The first-order valence-corrected chi connectivity index (χ1v) is 8.04. The first-order chi connectivity index (χ1) is 10.1. The Bertz CT molecular complexity index is 499. The maximum Gasteiger partial charge on any atom is 0.263 e. The number of carbonyl (C=O) groups excluding carboxylic acids is 2. The van der Waals surface area contributed by atoms with Crippen LogP contribution in [0.4, 0.5) is 10.7 Å². The Kier molecular flexibility index (Phi) is 7.01. The van der Waals surface area contributed by atoms with Crippen LogP contribution in [-0.4, -0.2) is 32.0 Å². The van der Waals surface area contributed by atoms with Crippen molar-refractivity contribution in [1.29, 1.82) is 0 Å². The van der Waals surface area contributed by atoms with Crippen LogP contribution in [0.15, 0.2) is 0 Å². The summed E-state index contributed by atoms with van der Waals surface area (Å²) in [6.07, 6.45) is 3.26. The lowest BCUT2D eigenvalue weighted by Gasteiger charge is -2.06. The number of unbranched alkanes of at least 4 members (excludes halogenated alkanes) is 2. The van der Waals surface area contributed by atoms with E-state index in [1.165, 1.54) is 11.3 Å². The number of thiophene rings is 1. The largest absolute Gasteiger partial charge is 0.397 e. The van der Waals surface area contributed by atoms with Gasteiger partial charge in [0.1, 0.15) is 9.88 Å². The van der Waals surface area contributed by atoms with Crippen LogP contribution in [0.2, 0.25) is 0 Å².